The average molecular weight is 261 g/mol. The molecule has 1 fully saturated rings. The van der Waals surface area contributed by atoms with Crippen LogP contribution >= 0.6 is 0 Å². The van der Waals surface area contributed by atoms with Crippen LogP contribution in [-0.4, -0.2) is 17.6 Å². The largest absolute Gasteiger partial charge is 0.481 e. The van der Waals surface area contributed by atoms with E-state index in [1.807, 2.05) is 24.3 Å². The number of carbonyl (C=O) groups is 1. The lowest BCUT2D eigenvalue weighted by Crippen LogP contribution is -2.23. The van der Waals surface area contributed by atoms with E-state index in [2.05, 4.69) is 12.2 Å². The van der Waals surface area contributed by atoms with Gasteiger partial charge in [-0.25, -0.2) is 0 Å². The Bertz CT molecular complexity index is 413. The SMILES string of the molecule is CC1CCCC1CNCc1ccc(CC(=O)O)cc1. The van der Waals surface area contributed by atoms with Crippen LogP contribution in [0.5, 0.6) is 0 Å². The molecule has 2 N–H and O–H groups in total. The maximum Gasteiger partial charge on any atom is 0.307 e. The van der Waals surface area contributed by atoms with Crippen molar-refractivity contribution in [3.05, 3.63) is 35.4 Å². The van der Waals surface area contributed by atoms with E-state index < -0.39 is 5.97 Å². The van der Waals surface area contributed by atoms with Gasteiger partial charge >= 0.3 is 5.97 Å². The summed E-state index contributed by atoms with van der Waals surface area (Å²) in [5.74, 6) is 0.901. The van der Waals surface area contributed by atoms with Crippen molar-refractivity contribution in [2.45, 2.75) is 39.2 Å². The molecule has 19 heavy (non-hydrogen) atoms. The number of hydrogen-bond acceptors (Lipinski definition) is 2. The molecule has 1 aliphatic carbocycles. The number of aliphatic carboxylic acids is 1. The topological polar surface area (TPSA) is 49.3 Å². The van der Waals surface area contributed by atoms with Crippen LogP contribution < -0.4 is 5.32 Å². The van der Waals surface area contributed by atoms with Crippen molar-refractivity contribution < 1.29 is 9.90 Å². The van der Waals surface area contributed by atoms with Crippen LogP contribution in [0, 0.1) is 11.8 Å². The van der Waals surface area contributed by atoms with E-state index in [-0.39, 0.29) is 6.42 Å². The average Bonchev–Trinajstić information content (AvgIpc) is 2.77. The summed E-state index contributed by atoms with van der Waals surface area (Å²) in [7, 11) is 0. The molecule has 0 radical (unpaired) electrons. The highest BCUT2D eigenvalue weighted by Crippen LogP contribution is 2.30. The molecular formula is C16H23NO2. The van der Waals surface area contributed by atoms with E-state index in [9.17, 15) is 4.79 Å². The van der Waals surface area contributed by atoms with Crippen LogP contribution in [0.15, 0.2) is 24.3 Å². The Labute approximate surface area is 115 Å². The molecule has 2 unspecified atom stereocenters. The van der Waals surface area contributed by atoms with Crippen molar-refractivity contribution in [1.82, 2.24) is 5.32 Å². The van der Waals surface area contributed by atoms with E-state index in [0.29, 0.717) is 0 Å². The van der Waals surface area contributed by atoms with Crippen molar-refractivity contribution in [2.75, 3.05) is 6.54 Å². The fraction of sp³-hybridized carbons (Fsp3) is 0.562. The zero-order chi connectivity index (χ0) is 13.7. The lowest BCUT2D eigenvalue weighted by atomic mass is 9.98. The third kappa shape index (κ3) is 4.35. The number of carboxylic acids is 1. The summed E-state index contributed by atoms with van der Waals surface area (Å²) < 4.78 is 0. The Morgan fingerprint density at radius 1 is 1.26 bits per heavy atom. The second kappa shape index (κ2) is 6.71. The first-order valence-corrected chi connectivity index (χ1v) is 7.15. The molecule has 0 heterocycles. The molecule has 2 atom stereocenters. The molecule has 0 bridgehead atoms. The standard InChI is InChI=1S/C16H23NO2/c1-12-3-2-4-15(12)11-17-10-14-7-5-13(6-8-14)9-16(18)19/h5-8,12,15,17H,2-4,9-11H2,1H3,(H,18,19). The van der Waals surface area contributed by atoms with Gasteiger partial charge in [0.15, 0.2) is 0 Å². The lowest BCUT2D eigenvalue weighted by molar-refractivity contribution is -0.136. The summed E-state index contributed by atoms with van der Waals surface area (Å²) in [6, 6.07) is 7.85. The van der Waals surface area contributed by atoms with E-state index in [1.165, 1.54) is 24.8 Å². The van der Waals surface area contributed by atoms with Crippen molar-refractivity contribution in [3.8, 4) is 0 Å². The molecule has 0 amide bonds. The first kappa shape index (κ1) is 14.1. The summed E-state index contributed by atoms with van der Waals surface area (Å²) in [4.78, 5) is 10.6. The molecule has 104 valence electrons. The molecule has 3 nitrogen and oxygen atoms in total. The van der Waals surface area contributed by atoms with Gasteiger partial charge in [0, 0.05) is 6.54 Å². The third-order valence-corrected chi connectivity index (χ3v) is 4.15. The van der Waals surface area contributed by atoms with Crippen molar-refractivity contribution in [3.63, 3.8) is 0 Å². The van der Waals surface area contributed by atoms with Gasteiger partial charge < -0.3 is 10.4 Å². The highest BCUT2D eigenvalue weighted by molar-refractivity contribution is 5.70. The number of carboxylic acid groups (broad SMARTS) is 1. The molecule has 0 aromatic heterocycles. The Morgan fingerprint density at radius 2 is 1.95 bits per heavy atom. The van der Waals surface area contributed by atoms with Crippen molar-refractivity contribution in [1.29, 1.82) is 0 Å². The predicted octanol–water partition coefficient (Wildman–Crippen LogP) is 2.84. The van der Waals surface area contributed by atoms with Gasteiger partial charge in [0.05, 0.1) is 6.42 Å². The van der Waals surface area contributed by atoms with Crippen LogP contribution in [0.1, 0.15) is 37.3 Å². The molecule has 0 aliphatic heterocycles. The van der Waals surface area contributed by atoms with E-state index in [4.69, 9.17) is 5.11 Å². The fourth-order valence-corrected chi connectivity index (χ4v) is 2.88. The van der Waals surface area contributed by atoms with Crippen LogP contribution in [-0.2, 0) is 17.8 Å². The van der Waals surface area contributed by atoms with Crippen LogP contribution in [0.3, 0.4) is 0 Å². The minimum Gasteiger partial charge on any atom is -0.481 e. The normalized spacial score (nSPS) is 22.6. The van der Waals surface area contributed by atoms with Crippen LogP contribution in [0.4, 0.5) is 0 Å². The predicted molar refractivity (Wildman–Crippen MR) is 76.0 cm³/mol. The third-order valence-electron chi connectivity index (χ3n) is 4.15. The first-order chi connectivity index (χ1) is 9.15. The summed E-state index contributed by atoms with van der Waals surface area (Å²) in [5.41, 5.74) is 2.08. The molecule has 3 heteroatoms. The zero-order valence-electron chi connectivity index (χ0n) is 11.6. The van der Waals surface area contributed by atoms with Crippen LogP contribution in [0.2, 0.25) is 0 Å². The van der Waals surface area contributed by atoms with E-state index >= 15 is 0 Å². The lowest BCUT2D eigenvalue weighted by Gasteiger charge is -2.16. The minimum atomic E-state index is -0.777. The molecular weight excluding hydrogens is 238 g/mol. The monoisotopic (exact) mass is 261 g/mol. The molecule has 2 rings (SSSR count). The maximum absolute atomic E-state index is 10.6. The van der Waals surface area contributed by atoms with Gasteiger partial charge in [-0.3, -0.25) is 4.79 Å². The maximum atomic E-state index is 10.6. The van der Waals surface area contributed by atoms with Gasteiger partial charge in [-0.15, -0.1) is 0 Å². The zero-order valence-corrected chi connectivity index (χ0v) is 11.6. The molecule has 1 aliphatic rings. The number of rotatable bonds is 6. The quantitative estimate of drug-likeness (QED) is 0.828. The smallest absolute Gasteiger partial charge is 0.307 e. The molecule has 0 saturated heterocycles. The van der Waals surface area contributed by atoms with Gasteiger partial charge in [-0.05, 0) is 35.9 Å². The van der Waals surface area contributed by atoms with Gasteiger partial charge in [0.2, 0.25) is 0 Å². The number of hydrogen-bond donors (Lipinski definition) is 2. The summed E-state index contributed by atoms with van der Waals surface area (Å²) in [6.07, 6.45) is 4.20. The van der Waals surface area contributed by atoms with Crippen molar-refractivity contribution in [2.24, 2.45) is 11.8 Å². The Balaban J connectivity index is 1.75. The van der Waals surface area contributed by atoms with E-state index in [0.717, 1.165) is 30.5 Å². The van der Waals surface area contributed by atoms with E-state index in [1.54, 1.807) is 0 Å². The van der Waals surface area contributed by atoms with Gasteiger partial charge in [0.25, 0.3) is 0 Å². The van der Waals surface area contributed by atoms with Crippen LogP contribution in [0.25, 0.3) is 0 Å². The fourth-order valence-electron chi connectivity index (χ4n) is 2.88. The highest BCUT2D eigenvalue weighted by Gasteiger charge is 2.22. The minimum absolute atomic E-state index is 0.104. The highest BCUT2D eigenvalue weighted by atomic mass is 16.4. The molecule has 1 aromatic carbocycles. The number of nitrogens with one attached hydrogen (secondary N) is 1. The Kier molecular flexibility index (Phi) is 4.97. The molecule has 0 spiro atoms. The van der Waals surface area contributed by atoms with Gasteiger partial charge in [-0.1, -0.05) is 44.0 Å². The van der Waals surface area contributed by atoms with Gasteiger partial charge in [-0.2, -0.15) is 0 Å². The first-order valence-electron chi connectivity index (χ1n) is 7.15. The summed E-state index contributed by atoms with van der Waals surface area (Å²) in [6.45, 7) is 4.31. The Hall–Kier alpha value is -1.35. The molecule has 1 aromatic rings. The molecule has 1 saturated carbocycles. The number of benzene rings is 1. The summed E-state index contributed by atoms with van der Waals surface area (Å²) >= 11 is 0. The van der Waals surface area contributed by atoms with Gasteiger partial charge in [0.1, 0.15) is 0 Å². The second-order valence-corrected chi connectivity index (χ2v) is 5.69. The second-order valence-electron chi connectivity index (χ2n) is 5.69. The summed E-state index contributed by atoms with van der Waals surface area (Å²) in [5, 5.41) is 12.2. The van der Waals surface area contributed by atoms with Crippen molar-refractivity contribution >= 4 is 5.97 Å². The Morgan fingerprint density at radius 3 is 2.53 bits per heavy atom.